The minimum atomic E-state index is -1.00. The number of rotatable bonds is 1. The highest BCUT2D eigenvalue weighted by molar-refractivity contribution is 5.97. The van der Waals surface area contributed by atoms with Crippen molar-refractivity contribution < 1.29 is 14.7 Å². The van der Waals surface area contributed by atoms with Crippen molar-refractivity contribution in [2.75, 3.05) is 0 Å². The van der Waals surface area contributed by atoms with Crippen LogP contribution in [0.5, 0.6) is 0 Å². The van der Waals surface area contributed by atoms with E-state index in [-0.39, 0.29) is 23.6 Å². The third-order valence-electron chi connectivity index (χ3n) is 2.49. The van der Waals surface area contributed by atoms with Gasteiger partial charge in [-0.05, 0) is 12.0 Å². The number of fused-ring (bicyclic) bond motifs is 1. The largest absolute Gasteiger partial charge is 0.477 e. The maximum atomic E-state index is 11.0. The lowest BCUT2D eigenvalue weighted by molar-refractivity contribution is -0.148. The zero-order valence-corrected chi connectivity index (χ0v) is 6.65. The van der Waals surface area contributed by atoms with Gasteiger partial charge in [-0.3, -0.25) is 4.79 Å². The van der Waals surface area contributed by atoms with Crippen LogP contribution >= 0.6 is 0 Å². The van der Waals surface area contributed by atoms with Crippen molar-refractivity contribution in [3.63, 3.8) is 0 Å². The van der Waals surface area contributed by atoms with Crippen LogP contribution in [0.15, 0.2) is 11.8 Å². The average molecular weight is 167 g/mol. The Morgan fingerprint density at radius 3 is 2.83 bits per heavy atom. The fraction of sp³-hybridized carbons (Fsp3) is 0.500. The maximum absolute atomic E-state index is 11.0. The molecule has 1 unspecified atom stereocenters. The van der Waals surface area contributed by atoms with Gasteiger partial charge in [0.25, 0.3) is 0 Å². The zero-order chi connectivity index (χ0) is 8.88. The van der Waals surface area contributed by atoms with E-state index in [0.717, 1.165) is 0 Å². The summed E-state index contributed by atoms with van der Waals surface area (Å²) in [4.78, 5) is 23.0. The smallest absolute Gasteiger partial charge is 0.352 e. The second kappa shape index (κ2) is 2.09. The van der Waals surface area contributed by atoms with Gasteiger partial charge < -0.3 is 10.0 Å². The Labute approximate surface area is 69.5 Å². The standard InChI is InChI=1S/C8H9NO3/c1-4-2-6(8(11)12)9-5(4)3-7(9)10/h2,4-5H,3H2,1H3,(H,11,12)/t4?,5-/m1/s1. The molecule has 0 aromatic carbocycles. The Morgan fingerprint density at radius 2 is 2.42 bits per heavy atom. The molecule has 2 rings (SSSR count). The van der Waals surface area contributed by atoms with Gasteiger partial charge in [0, 0.05) is 6.42 Å². The first kappa shape index (κ1) is 7.34. The summed E-state index contributed by atoms with van der Waals surface area (Å²) in [5.41, 5.74) is 0.156. The van der Waals surface area contributed by atoms with Crippen LogP contribution in [0.25, 0.3) is 0 Å². The van der Waals surface area contributed by atoms with Crippen molar-refractivity contribution >= 4 is 11.9 Å². The first-order valence-electron chi connectivity index (χ1n) is 3.88. The van der Waals surface area contributed by atoms with Gasteiger partial charge in [-0.15, -0.1) is 0 Å². The molecule has 0 radical (unpaired) electrons. The van der Waals surface area contributed by atoms with Crippen molar-refractivity contribution in [1.82, 2.24) is 4.90 Å². The van der Waals surface area contributed by atoms with Crippen molar-refractivity contribution in [3.8, 4) is 0 Å². The topological polar surface area (TPSA) is 57.6 Å². The number of hydrogen-bond donors (Lipinski definition) is 1. The number of aliphatic carboxylic acids is 1. The molecule has 2 heterocycles. The average Bonchev–Trinajstić information content (AvgIpc) is 2.22. The van der Waals surface area contributed by atoms with Crippen LogP contribution in [-0.2, 0) is 9.59 Å². The molecule has 1 amide bonds. The molecule has 0 bridgehead atoms. The van der Waals surface area contributed by atoms with Crippen LogP contribution < -0.4 is 0 Å². The summed E-state index contributed by atoms with van der Waals surface area (Å²) in [5, 5.41) is 8.71. The quantitative estimate of drug-likeness (QED) is 0.568. The molecule has 0 spiro atoms. The zero-order valence-electron chi connectivity index (χ0n) is 6.65. The molecule has 2 atom stereocenters. The van der Waals surface area contributed by atoms with E-state index >= 15 is 0 Å². The fourth-order valence-electron chi connectivity index (χ4n) is 1.79. The number of amides is 1. The number of carbonyl (C=O) groups excluding carboxylic acids is 1. The fourth-order valence-corrected chi connectivity index (χ4v) is 1.79. The third kappa shape index (κ3) is 0.719. The van der Waals surface area contributed by atoms with Crippen LogP contribution in [-0.4, -0.2) is 27.9 Å². The molecule has 1 N–H and O–H groups in total. The van der Waals surface area contributed by atoms with E-state index in [2.05, 4.69) is 0 Å². The van der Waals surface area contributed by atoms with E-state index in [1.54, 1.807) is 6.08 Å². The lowest BCUT2D eigenvalue weighted by Crippen LogP contribution is -2.51. The molecule has 1 fully saturated rings. The molecule has 64 valence electrons. The molecule has 4 heteroatoms. The third-order valence-corrected chi connectivity index (χ3v) is 2.49. The van der Waals surface area contributed by atoms with Crippen LogP contribution in [0.4, 0.5) is 0 Å². The van der Waals surface area contributed by atoms with E-state index in [1.807, 2.05) is 6.92 Å². The minimum absolute atomic E-state index is 0.0713. The first-order valence-corrected chi connectivity index (χ1v) is 3.88. The number of nitrogens with zero attached hydrogens (tertiary/aromatic N) is 1. The van der Waals surface area contributed by atoms with Gasteiger partial charge in [-0.1, -0.05) is 6.92 Å². The summed E-state index contributed by atoms with van der Waals surface area (Å²) >= 11 is 0. The number of carbonyl (C=O) groups is 2. The molecule has 0 saturated carbocycles. The summed E-state index contributed by atoms with van der Waals surface area (Å²) in [7, 11) is 0. The number of β-lactam (4-membered cyclic amide) rings is 1. The molecule has 0 aromatic rings. The number of carboxylic acids is 1. The van der Waals surface area contributed by atoms with E-state index in [4.69, 9.17) is 5.11 Å². The lowest BCUT2D eigenvalue weighted by Gasteiger charge is -2.37. The monoisotopic (exact) mass is 167 g/mol. The van der Waals surface area contributed by atoms with Crippen LogP contribution in [0, 0.1) is 5.92 Å². The number of hydrogen-bond acceptors (Lipinski definition) is 2. The van der Waals surface area contributed by atoms with Crippen molar-refractivity contribution in [2.24, 2.45) is 5.92 Å². The van der Waals surface area contributed by atoms with Gasteiger partial charge >= 0.3 is 5.97 Å². The SMILES string of the molecule is CC1C=C(C(=O)O)N2C(=O)C[C@H]12. The van der Waals surface area contributed by atoms with Gasteiger partial charge in [0.1, 0.15) is 5.70 Å². The Bertz CT molecular complexity index is 295. The highest BCUT2D eigenvalue weighted by Crippen LogP contribution is 2.37. The molecule has 0 aliphatic carbocycles. The van der Waals surface area contributed by atoms with Gasteiger partial charge in [0.2, 0.25) is 5.91 Å². The van der Waals surface area contributed by atoms with E-state index in [9.17, 15) is 9.59 Å². The van der Waals surface area contributed by atoms with Crippen LogP contribution in [0.3, 0.4) is 0 Å². The summed E-state index contributed by atoms with van der Waals surface area (Å²) < 4.78 is 0. The van der Waals surface area contributed by atoms with E-state index in [0.29, 0.717) is 6.42 Å². The summed E-state index contributed by atoms with van der Waals surface area (Å²) in [5.74, 6) is -0.885. The molecule has 0 aromatic heterocycles. The normalized spacial score (nSPS) is 32.6. The van der Waals surface area contributed by atoms with Gasteiger partial charge in [0.15, 0.2) is 0 Å². The van der Waals surface area contributed by atoms with Crippen molar-refractivity contribution in [2.45, 2.75) is 19.4 Å². The van der Waals surface area contributed by atoms with Gasteiger partial charge in [-0.25, -0.2) is 4.79 Å². The molecule has 1 saturated heterocycles. The van der Waals surface area contributed by atoms with E-state index < -0.39 is 5.97 Å². The second-order valence-electron chi connectivity index (χ2n) is 3.25. The second-order valence-corrected chi connectivity index (χ2v) is 3.25. The molecule has 4 nitrogen and oxygen atoms in total. The van der Waals surface area contributed by atoms with Crippen molar-refractivity contribution in [3.05, 3.63) is 11.8 Å². The van der Waals surface area contributed by atoms with Gasteiger partial charge in [0.05, 0.1) is 6.04 Å². The Kier molecular flexibility index (Phi) is 1.28. The Morgan fingerprint density at radius 1 is 1.75 bits per heavy atom. The van der Waals surface area contributed by atoms with Crippen molar-refractivity contribution in [1.29, 1.82) is 0 Å². The van der Waals surface area contributed by atoms with E-state index in [1.165, 1.54) is 4.90 Å². The summed E-state index contributed by atoms with van der Waals surface area (Å²) in [6.45, 7) is 1.93. The van der Waals surface area contributed by atoms with Gasteiger partial charge in [-0.2, -0.15) is 0 Å². The number of carboxylic acid groups (broad SMARTS) is 1. The van der Waals surface area contributed by atoms with Crippen LogP contribution in [0.1, 0.15) is 13.3 Å². The molecular formula is C8H9NO3. The predicted molar refractivity (Wildman–Crippen MR) is 40.1 cm³/mol. The molecular weight excluding hydrogens is 158 g/mol. The molecule has 12 heavy (non-hydrogen) atoms. The molecule has 2 aliphatic rings. The lowest BCUT2D eigenvalue weighted by atomic mass is 9.94. The highest BCUT2D eigenvalue weighted by atomic mass is 16.4. The first-order chi connectivity index (χ1) is 5.61. The molecule has 2 aliphatic heterocycles. The predicted octanol–water partition coefficient (Wildman–Crippen LogP) is 0.205. The summed E-state index contributed by atoms with van der Waals surface area (Å²) in [6, 6.07) is 0.114. The maximum Gasteiger partial charge on any atom is 0.352 e. The Balaban J connectivity index is 2.29. The summed E-state index contributed by atoms with van der Waals surface area (Å²) in [6.07, 6.45) is 2.15. The minimum Gasteiger partial charge on any atom is -0.477 e. The highest BCUT2D eigenvalue weighted by Gasteiger charge is 2.47. The van der Waals surface area contributed by atoms with Crippen LogP contribution in [0.2, 0.25) is 0 Å². The Hall–Kier alpha value is -1.32.